The summed E-state index contributed by atoms with van der Waals surface area (Å²) in [5.74, 6) is -2.05. The Balaban J connectivity index is 2.09. The third-order valence-corrected chi connectivity index (χ3v) is 5.58. The number of nitrogens with one attached hydrogen (secondary N) is 1. The molecule has 6 nitrogen and oxygen atoms in total. The third-order valence-electron chi connectivity index (χ3n) is 5.22. The van der Waals surface area contributed by atoms with Gasteiger partial charge in [0.1, 0.15) is 11.4 Å². The Morgan fingerprint density at radius 2 is 1.79 bits per heavy atom. The Morgan fingerprint density at radius 3 is 2.33 bits per heavy atom. The van der Waals surface area contributed by atoms with E-state index in [2.05, 4.69) is 10.3 Å². The fourth-order valence-corrected chi connectivity index (χ4v) is 4.12. The van der Waals surface area contributed by atoms with Gasteiger partial charge in [-0.2, -0.15) is 13.2 Å². The summed E-state index contributed by atoms with van der Waals surface area (Å²) in [7, 11) is 2.71. The highest BCUT2D eigenvalue weighted by atomic mass is 32.1. The number of benzene rings is 2. The molecule has 2 aromatic carbocycles. The number of rotatable bonds is 4. The summed E-state index contributed by atoms with van der Waals surface area (Å²) in [4.78, 5) is 31.0. The molecule has 0 bridgehead atoms. The quantitative estimate of drug-likeness (QED) is 0.405. The molecule has 11 heteroatoms. The highest BCUT2D eigenvalue weighted by Crippen LogP contribution is 2.39. The van der Waals surface area contributed by atoms with E-state index in [4.69, 9.17) is 12.2 Å². The molecule has 0 saturated carbocycles. The van der Waals surface area contributed by atoms with E-state index in [0.717, 1.165) is 23.2 Å². The van der Waals surface area contributed by atoms with Gasteiger partial charge in [0.25, 0.3) is 11.8 Å². The van der Waals surface area contributed by atoms with E-state index in [1.807, 2.05) is 0 Å². The lowest BCUT2D eigenvalue weighted by molar-refractivity contribution is -0.137. The van der Waals surface area contributed by atoms with Crippen LogP contribution in [0.5, 0.6) is 0 Å². The molecule has 2 aromatic rings. The van der Waals surface area contributed by atoms with Gasteiger partial charge in [0.05, 0.1) is 16.8 Å². The van der Waals surface area contributed by atoms with Crippen LogP contribution in [0.2, 0.25) is 0 Å². The molecule has 1 fully saturated rings. The summed E-state index contributed by atoms with van der Waals surface area (Å²) >= 11 is 5.44. The Kier molecular flexibility index (Phi) is 6.29. The minimum absolute atomic E-state index is 0.0800. The normalized spacial score (nSPS) is 16.1. The first kappa shape index (κ1) is 24.3. The van der Waals surface area contributed by atoms with Crippen LogP contribution in [0.3, 0.4) is 0 Å². The summed E-state index contributed by atoms with van der Waals surface area (Å²) < 4.78 is 55.4. The summed E-state index contributed by atoms with van der Waals surface area (Å²) in [6.45, 7) is 3.05. The maximum absolute atomic E-state index is 14.6. The molecular formula is C22H20F4N4O2S. The zero-order chi connectivity index (χ0) is 24.7. The highest BCUT2D eigenvalue weighted by molar-refractivity contribution is 7.81. The standard InChI is InChI=1S/C22H20F4N4O2S/c1-21(2)19(32)29(13-6-5-12(11-27-3)16(9-13)22(24,25)26)20(33)30(21)14-7-8-15(17(23)10-14)18(31)28-4/h5-11H,1-4H3,(H,28,31). The summed E-state index contributed by atoms with van der Waals surface area (Å²) in [5, 5.41) is 2.20. The van der Waals surface area contributed by atoms with Crippen LogP contribution in [0.4, 0.5) is 28.9 Å². The Labute approximate surface area is 192 Å². The van der Waals surface area contributed by atoms with E-state index in [0.29, 0.717) is 0 Å². The van der Waals surface area contributed by atoms with Crippen molar-refractivity contribution < 1.29 is 27.2 Å². The van der Waals surface area contributed by atoms with Crippen LogP contribution >= 0.6 is 12.2 Å². The van der Waals surface area contributed by atoms with Gasteiger partial charge in [-0.05, 0) is 56.4 Å². The van der Waals surface area contributed by atoms with Crippen LogP contribution in [0.15, 0.2) is 41.4 Å². The monoisotopic (exact) mass is 480 g/mol. The van der Waals surface area contributed by atoms with Crippen molar-refractivity contribution in [2.75, 3.05) is 23.9 Å². The van der Waals surface area contributed by atoms with Gasteiger partial charge in [0.15, 0.2) is 5.11 Å². The zero-order valence-corrected chi connectivity index (χ0v) is 18.9. The molecular weight excluding hydrogens is 460 g/mol. The lowest BCUT2D eigenvalue weighted by Gasteiger charge is -2.29. The van der Waals surface area contributed by atoms with Crippen molar-refractivity contribution in [2.45, 2.75) is 25.6 Å². The van der Waals surface area contributed by atoms with Gasteiger partial charge in [-0.3, -0.25) is 19.5 Å². The van der Waals surface area contributed by atoms with Gasteiger partial charge < -0.3 is 10.2 Å². The SMILES string of the molecule is CN=Cc1ccc(N2C(=O)C(C)(C)N(c3ccc(C(=O)NC)c(F)c3)C2=S)cc1C(F)(F)F. The minimum Gasteiger partial charge on any atom is -0.355 e. The molecule has 1 heterocycles. The van der Waals surface area contributed by atoms with E-state index in [1.54, 1.807) is 0 Å². The number of hydrogen-bond donors (Lipinski definition) is 1. The van der Waals surface area contributed by atoms with E-state index in [1.165, 1.54) is 57.1 Å². The molecule has 0 unspecified atom stereocenters. The maximum Gasteiger partial charge on any atom is 0.417 e. The average Bonchev–Trinajstić information content (AvgIpc) is 2.91. The van der Waals surface area contributed by atoms with Crippen LogP contribution in [0, 0.1) is 5.82 Å². The number of aliphatic imine (C=N–C) groups is 1. The number of carbonyl (C=O) groups is 2. The van der Waals surface area contributed by atoms with Crippen molar-refractivity contribution in [3.63, 3.8) is 0 Å². The molecule has 0 radical (unpaired) electrons. The number of alkyl halides is 3. The second-order valence-electron chi connectivity index (χ2n) is 7.72. The fraction of sp³-hybridized carbons (Fsp3) is 0.273. The topological polar surface area (TPSA) is 65.0 Å². The molecule has 0 aliphatic carbocycles. The third kappa shape index (κ3) is 4.20. The van der Waals surface area contributed by atoms with E-state index in [9.17, 15) is 27.2 Å². The summed E-state index contributed by atoms with van der Waals surface area (Å²) in [6.07, 6.45) is -3.62. The van der Waals surface area contributed by atoms with Gasteiger partial charge in [-0.1, -0.05) is 6.07 Å². The predicted molar refractivity (Wildman–Crippen MR) is 121 cm³/mol. The van der Waals surface area contributed by atoms with Crippen LogP contribution in [-0.2, 0) is 11.0 Å². The lowest BCUT2D eigenvalue weighted by Crippen LogP contribution is -2.44. The van der Waals surface area contributed by atoms with Crippen LogP contribution in [-0.4, -0.2) is 42.8 Å². The van der Waals surface area contributed by atoms with Crippen molar-refractivity contribution >= 4 is 46.7 Å². The molecule has 1 aliphatic rings. The number of thiocarbonyl (C=S) groups is 1. The first-order chi connectivity index (χ1) is 15.3. The van der Waals surface area contributed by atoms with Gasteiger partial charge in [-0.25, -0.2) is 4.39 Å². The number of nitrogens with zero attached hydrogens (tertiary/aromatic N) is 3. The molecule has 3 rings (SSSR count). The van der Waals surface area contributed by atoms with E-state index >= 15 is 0 Å². The maximum atomic E-state index is 14.6. The van der Waals surface area contributed by atoms with E-state index in [-0.39, 0.29) is 27.6 Å². The smallest absolute Gasteiger partial charge is 0.355 e. The van der Waals surface area contributed by atoms with Crippen LogP contribution < -0.4 is 15.1 Å². The average molecular weight is 480 g/mol. The zero-order valence-electron chi connectivity index (χ0n) is 18.1. The van der Waals surface area contributed by atoms with Crippen molar-refractivity contribution in [1.29, 1.82) is 0 Å². The number of halogens is 4. The number of anilines is 2. The fourth-order valence-electron chi connectivity index (χ4n) is 3.60. The molecule has 1 aliphatic heterocycles. The second-order valence-corrected chi connectivity index (χ2v) is 8.08. The molecule has 1 N–H and O–H groups in total. The minimum atomic E-state index is -4.69. The largest absolute Gasteiger partial charge is 0.417 e. The Bertz CT molecular complexity index is 1180. The number of amides is 2. The molecule has 174 valence electrons. The molecule has 0 atom stereocenters. The molecule has 1 saturated heterocycles. The number of carbonyl (C=O) groups excluding carboxylic acids is 2. The van der Waals surface area contributed by atoms with Gasteiger partial charge in [0, 0.05) is 31.6 Å². The highest BCUT2D eigenvalue weighted by Gasteiger charge is 2.50. The molecule has 0 aromatic heterocycles. The predicted octanol–water partition coefficient (Wildman–Crippen LogP) is 4.17. The van der Waals surface area contributed by atoms with Crippen molar-refractivity contribution in [3.05, 3.63) is 58.9 Å². The van der Waals surface area contributed by atoms with Crippen molar-refractivity contribution in [2.24, 2.45) is 4.99 Å². The number of hydrogen-bond acceptors (Lipinski definition) is 4. The van der Waals surface area contributed by atoms with Gasteiger partial charge >= 0.3 is 6.18 Å². The Morgan fingerprint density at radius 1 is 1.15 bits per heavy atom. The molecule has 2 amide bonds. The first-order valence-corrected chi connectivity index (χ1v) is 10.1. The van der Waals surface area contributed by atoms with Gasteiger partial charge in [-0.15, -0.1) is 0 Å². The lowest BCUT2D eigenvalue weighted by atomic mass is 10.0. The van der Waals surface area contributed by atoms with E-state index < -0.39 is 34.9 Å². The molecule has 33 heavy (non-hydrogen) atoms. The molecule has 0 spiro atoms. The summed E-state index contributed by atoms with van der Waals surface area (Å²) in [5.41, 5.74) is -2.57. The Hall–Kier alpha value is -3.34. The van der Waals surface area contributed by atoms with Crippen molar-refractivity contribution in [3.8, 4) is 0 Å². The van der Waals surface area contributed by atoms with Crippen LogP contribution in [0.25, 0.3) is 0 Å². The van der Waals surface area contributed by atoms with Gasteiger partial charge in [0.2, 0.25) is 0 Å². The summed E-state index contributed by atoms with van der Waals surface area (Å²) in [6, 6.07) is 7.09. The van der Waals surface area contributed by atoms with Crippen LogP contribution in [0.1, 0.15) is 35.3 Å². The van der Waals surface area contributed by atoms with Crippen molar-refractivity contribution in [1.82, 2.24) is 5.32 Å². The first-order valence-electron chi connectivity index (χ1n) is 9.68. The second kappa shape index (κ2) is 8.54.